The summed E-state index contributed by atoms with van der Waals surface area (Å²) in [5.74, 6) is -0.450. The SMILES string of the molecule is CN(CCCC(=O)N(Cc1ccc(Cl)cc1Cl)C(Cc1ccccc1)C(=O)NC1CCCCC1)S(=O)(=O)c1ccccc1. The van der Waals surface area contributed by atoms with Crippen LogP contribution in [0.1, 0.15) is 56.1 Å². The highest BCUT2D eigenvalue weighted by Crippen LogP contribution is 2.25. The van der Waals surface area contributed by atoms with Crippen LogP contribution in [0.5, 0.6) is 0 Å². The monoisotopic (exact) mass is 643 g/mol. The topological polar surface area (TPSA) is 86.8 Å². The Kier molecular flexibility index (Phi) is 12.1. The third-order valence-electron chi connectivity index (χ3n) is 7.89. The number of sulfonamides is 1. The molecule has 1 fully saturated rings. The minimum atomic E-state index is -3.69. The average Bonchev–Trinajstić information content (AvgIpc) is 3.01. The van der Waals surface area contributed by atoms with Gasteiger partial charge < -0.3 is 10.2 Å². The van der Waals surface area contributed by atoms with E-state index in [1.54, 1.807) is 53.4 Å². The summed E-state index contributed by atoms with van der Waals surface area (Å²) in [6.07, 6.45) is 5.81. The van der Waals surface area contributed by atoms with Gasteiger partial charge >= 0.3 is 0 Å². The van der Waals surface area contributed by atoms with Crippen molar-refractivity contribution in [2.75, 3.05) is 13.6 Å². The number of nitrogens with zero attached hydrogens (tertiary/aromatic N) is 2. The Bertz CT molecular complexity index is 1470. The van der Waals surface area contributed by atoms with Crippen molar-refractivity contribution in [1.82, 2.24) is 14.5 Å². The number of nitrogens with one attached hydrogen (secondary N) is 1. The molecule has 3 aromatic rings. The molecule has 2 amide bonds. The maximum atomic E-state index is 14.0. The van der Waals surface area contributed by atoms with E-state index in [0.717, 1.165) is 37.7 Å². The second-order valence-corrected chi connectivity index (χ2v) is 13.9. The maximum Gasteiger partial charge on any atom is 0.243 e. The fraction of sp³-hybridized carbons (Fsp3) is 0.394. The first-order chi connectivity index (χ1) is 20.6. The molecule has 43 heavy (non-hydrogen) atoms. The van der Waals surface area contributed by atoms with Crippen LogP contribution in [0.2, 0.25) is 10.0 Å². The number of carbonyl (C=O) groups excluding carboxylic acids is 2. The Labute approximate surface area is 265 Å². The van der Waals surface area contributed by atoms with Crippen molar-refractivity contribution in [2.45, 2.75) is 74.9 Å². The van der Waals surface area contributed by atoms with Crippen LogP contribution in [0.3, 0.4) is 0 Å². The molecule has 0 bridgehead atoms. The van der Waals surface area contributed by atoms with Crippen molar-refractivity contribution in [3.05, 3.63) is 100 Å². The lowest BCUT2D eigenvalue weighted by Gasteiger charge is -2.34. The molecule has 1 aliphatic carbocycles. The Morgan fingerprint density at radius 3 is 2.23 bits per heavy atom. The number of rotatable bonds is 13. The van der Waals surface area contributed by atoms with Crippen LogP contribution in [-0.4, -0.2) is 55.1 Å². The van der Waals surface area contributed by atoms with Crippen LogP contribution >= 0.6 is 23.2 Å². The summed E-state index contributed by atoms with van der Waals surface area (Å²) in [6.45, 7) is 0.263. The summed E-state index contributed by atoms with van der Waals surface area (Å²) in [6, 6.07) is 22.2. The van der Waals surface area contributed by atoms with E-state index >= 15 is 0 Å². The van der Waals surface area contributed by atoms with E-state index in [4.69, 9.17) is 23.2 Å². The summed E-state index contributed by atoms with van der Waals surface area (Å²) in [7, 11) is -2.18. The van der Waals surface area contributed by atoms with Gasteiger partial charge in [-0.2, -0.15) is 0 Å². The minimum Gasteiger partial charge on any atom is -0.352 e. The Hall–Kier alpha value is -2.91. The smallest absolute Gasteiger partial charge is 0.243 e. The van der Waals surface area contributed by atoms with E-state index in [1.165, 1.54) is 11.4 Å². The van der Waals surface area contributed by atoms with Gasteiger partial charge in [-0.25, -0.2) is 12.7 Å². The highest BCUT2D eigenvalue weighted by atomic mass is 35.5. The second-order valence-electron chi connectivity index (χ2n) is 11.0. The summed E-state index contributed by atoms with van der Waals surface area (Å²) < 4.78 is 27.2. The van der Waals surface area contributed by atoms with Gasteiger partial charge in [0.05, 0.1) is 4.90 Å². The fourth-order valence-electron chi connectivity index (χ4n) is 5.42. The van der Waals surface area contributed by atoms with E-state index in [9.17, 15) is 18.0 Å². The highest BCUT2D eigenvalue weighted by molar-refractivity contribution is 7.89. The number of hydrogen-bond donors (Lipinski definition) is 1. The molecule has 1 unspecified atom stereocenters. The van der Waals surface area contributed by atoms with Gasteiger partial charge in [-0.1, -0.05) is 97.1 Å². The van der Waals surface area contributed by atoms with E-state index in [0.29, 0.717) is 22.0 Å². The number of hydrogen-bond acceptors (Lipinski definition) is 4. The zero-order chi connectivity index (χ0) is 30.8. The molecule has 10 heteroatoms. The third kappa shape index (κ3) is 9.29. The summed E-state index contributed by atoms with van der Waals surface area (Å²) in [5.41, 5.74) is 1.60. The maximum absolute atomic E-state index is 14.0. The standard InChI is InChI=1S/C33H39Cl2N3O4S/c1-37(43(41,42)29-16-9-4-10-17-29)21-11-18-32(39)38(24-26-19-20-27(34)23-30(26)35)31(22-25-12-5-2-6-13-25)33(40)36-28-14-7-3-8-15-28/h2,4-6,9-10,12-13,16-17,19-20,23,28,31H,3,7-8,11,14-15,18,21-22,24H2,1H3,(H,36,40). The lowest BCUT2D eigenvalue weighted by atomic mass is 9.94. The number of halogens is 2. The van der Waals surface area contributed by atoms with Crippen LogP contribution in [0.15, 0.2) is 83.8 Å². The molecule has 1 atom stereocenters. The number of benzene rings is 3. The highest BCUT2D eigenvalue weighted by Gasteiger charge is 2.32. The summed E-state index contributed by atoms with van der Waals surface area (Å²) >= 11 is 12.7. The van der Waals surface area contributed by atoms with Crippen molar-refractivity contribution in [3.8, 4) is 0 Å². The zero-order valence-electron chi connectivity index (χ0n) is 24.4. The van der Waals surface area contributed by atoms with E-state index in [1.807, 2.05) is 30.3 Å². The third-order valence-corrected chi connectivity index (χ3v) is 10.4. The van der Waals surface area contributed by atoms with Gasteiger partial charge in [0.1, 0.15) is 6.04 Å². The fourth-order valence-corrected chi connectivity index (χ4v) is 7.12. The molecular weight excluding hydrogens is 605 g/mol. The van der Waals surface area contributed by atoms with Gasteiger partial charge in [0, 0.05) is 49.1 Å². The average molecular weight is 645 g/mol. The summed E-state index contributed by atoms with van der Waals surface area (Å²) in [4.78, 5) is 29.7. The molecule has 1 aliphatic rings. The van der Waals surface area contributed by atoms with Gasteiger partial charge in [0.2, 0.25) is 21.8 Å². The second kappa shape index (κ2) is 15.7. The lowest BCUT2D eigenvalue weighted by Crippen LogP contribution is -2.53. The van der Waals surface area contributed by atoms with E-state index in [2.05, 4.69) is 5.32 Å². The van der Waals surface area contributed by atoms with Crippen molar-refractivity contribution in [1.29, 1.82) is 0 Å². The van der Waals surface area contributed by atoms with E-state index in [-0.39, 0.29) is 48.7 Å². The molecule has 0 aliphatic heterocycles. The van der Waals surface area contributed by atoms with Gasteiger partial charge in [-0.05, 0) is 54.7 Å². The Morgan fingerprint density at radius 1 is 0.930 bits per heavy atom. The zero-order valence-corrected chi connectivity index (χ0v) is 26.8. The van der Waals surface area contributed by atoms with E-state index < -0.39 is 16.1 Å². The van der Waals surface area contributed by atoms with Gasteiger partial charge in [-0.15, -0.1) is 0 Å². The molecule has 0 spiro atoms. The normalized spacial score (nSPS) is 14.8. The largest absolute Gasteiger partial charge is 0.352 e. The molecule has 0 heterocycles. The Morgan fingerprint density at radius 2 is 1.58 bits per heavy atom. The van der Waals surface area contributed by atoms with Crippen molar-refractivity contribution in [2.24, 2.45) is 0 Å². The van der Waals surface area contributed by atoms with Crippen LogP contribution < -0.4 is 5.32 Å². The van der Waals surface area contributed by atoms with Gasteiger partial charge in [0.25, 0.3) is 0 Å². The first-order valence-electron chi connectivity index (χ1n) is 14.7. The molecular formula is C33H39Cl2N3O4S. The number of carbonyl (C=O) groups is 2. The number of amides is 2. The van der Waals surface area contributed by atoms with Crippen LogP contribution in [0, 0.1) is 0 Å². The van der Waals surface area contributed by atoms with Crippen LogP contribution in [0.25, 0.3) is 0 Å². The first-order valence-corrected chi connectivity index (χ1v) is 16.9. The molecule has 0 aromatic heterocycles. The van der Waals surface area contributed by atoms with Gasteiger partial charge in [0.15, 0.2) is 0 Å². The molecule has 4 rings (SSSR count). The lowest BCUT2D eigenvalue weighted by molar-refractivity contribution is -0.141. The molecule has 1 N–H and O–H groups in total. The summed E-state index contributed by atoms with van der Waals surface area (Å²) in [5, 5.41) is 4.11. The molecule has 3 aromatic carbocycles. The minimum absolute atomic E-state index is 0.0574. The molecule has 1 saturated carbocycles. The predicted octanol–water partition coefficient (Wildman–Crippen LogP) is 6.48. The van der Waals surface area contributed by atoms with Crippen molar-refractivity contribution < 1.29 is 18.0 Å². The quantitative estimate of drug-likeness (QED) is 0.231. The molecule has 0 saturated heterocycles. The van der Waals surface area contributed by atoms with Crippen LogP contribution in [0.4, 0.5) is 0 Å². The molecule has 0 radical (unpaired) electrons. The van der Waals surface area contributed by atoms with Crippen molar-refractivity contribution in [3.63, 3.8) is 0 Å². The van der Waals surface area contributed by atoms with Crippen LogP contribution in [-0.2, 0) is 32.6 Å². The Balaban J connectivity index is 1.57. The molecule has 7 nitrogen and oxygen atoms in total. The predicted molar refractivity (Wildman–Crippen MR) is 171 cm³/mol. The van der Waals surface area contributed by atoms with Crippen molar-refractivity contribution >= 4 is 45.0 Å². The molecule has 230 valence electrons. The van der Waals surface area contributed by atoms with Gasteiger partial charge in [-0.3, -0.25) is 9.59 Å². The first kappa shape index (κ1) is 33.0.